The molecule has 0 atom stereocenters. The summed E-state index contributed by atoms with van der Waals surface area (Å²) < 4.78 is 5.04. The van der Waals surface area contributed by atoms with Crippen LogP contribution < -0.4 is 15.8 Å². The van der Waals surface area contributed by atoms with Crippen molar-refractivity contribution in [3.63, 3.8) is 0 Å². The first-order valence-electron chi connectivity index (χ1n) is 5.41. The summed E-state index contributed by atoms with van der Waals surface area (Å²) in [4.78, 5) is 11.8. The summed E-state index contributed by atoms with van der Waals surface area (Å²) in [6.45, 7) is 0.385. The van der Waals surface area contributed by atoms with Gasteiger partial charge >= 0.3 is 0 Å². The summed E-state index contributed by atoms with van der Waals surface area (Å²) in [5.74, 6) is 0.674. The van der Waals surface area contributed by atoms with Gasteiger partial charge in [-0.15, -0.1) is 0 Å². The number of ketones is 1. The molecule has 3 N–H and O–H groups in total. The van der Waals surface area contributed by atoms with Crippen LogP contribution in [0.4, 0.5) is 5.69 Å². The van der Waals surface area contributed by atoms with Crippen LogP contribution in [0, 0.1) is 0 Å². The van der Waals surface area contributed by atoms with Crippen LogP contribution in [0.3, 0.4) is 0 Å². The largest absolute Gasteiger partial charge is 0.495 e. The van der Waals surface area contributed by atoms with Crippen LogP contribution >= 0.6 is 0 Å². The van der Waals surface area contributed by atoms with Crippen LogP contribution in [-0.2, 0) is 0 Å². The highest BCUT2D eigenvalue weighted by molar-refractivity contribution is 5.98. The van der Waals surface area contributed by atoms with E-state index in [1.807, 2.05) is 0 Å². The van der Waals surface area contributed by atoms with Crippen molar-refractivity contribution >= 4 is 11.5 Å². The Balaban J connectivity index is 2.01. The number of Topliss-reactive ketones (excluding diaryl/α,β-unsaturated/α-hetero) is 1. The number of hydrogen-bond acceptors (Lipinski definition) is 4. The predicted molar refractivity (Wildman–Crippen MR) is 62.8 cm³/mol. The van der Waals surface area contributed by atoms with Crippen LogP contribution in [0.15, 0.2) is 18.2 Å². The average molecular weight is 220 g/mol. The molecule has 0 saturated heterocycles. The van der Waals surface area contributed by atoms with Gasteiger partial charge in [-0.3, -0.25) is 4.79 Å². The molecular formula is C12H16N2O2. The van der Waals surface area contributed by atoms with E-state index in [4.69, 9.17) is 10.5 Å². The summed E-state index contributed by atoms with van der Waals surface area (Å²) in [6, 6.07) is 5.67. The number of methoxy groups -OCH3 is 1. The monoisotopic (exact) mass is 220 g/mol. The molecule has 0 heterocycles. The van der Waals surface area contributed by atoms with Crippen molar-refractivity contribution in [1.29, 1.82) is 0 Å². The van der Waals surface area contributed by atoms with E-state index in [1.54, 1.807) is 25.3 Å². The van der Waals surface area contributed by atoms with Gasteiger partial charge in [-0.1, -0.05) is 0 Å². The Labute approximate surface area is 94.8 Å². The molecule has 0 amide bonds. The topological polar surface area (TPSA) is 64.3 Å². The van der Waals surface area contributed by atoms with Crippen molar-refractivity contribution in [2.24, 2.45) is 0 Å². The Hall–Kier alpha value is -1.55. The van der Waals surface area contributed by atoms with E-state index in [9.17, 15) is 4.79 Å². The van der Waals surface area contributed by atoms with E-state index in [0.29, 0.717) is 29.6 Å². The van der Waals surface area contributed by atoms with Gasteiger partial charge in [0.15, 0.2) is 5.78 Å². The highest BCUT2D eigenvalue weighted by atomic mass is 16.5. The zero-order valence-electron chi connectivity index (χ0n) is 9.32. The number of nitrogens with two attached hydrogens (primary N) is 1. The number of rotatable bonds is 5. The smallest absolute Gasteiger partial charge is 0.176 e. The number of anilines is 1. The summed E-state index contributed by atoms with van der Waals surface area (Å²) in [6.07, 6.45) is 2.36. The van der Waals surface area contributed by atoms with Crippen molar-refractivity contribution in [2.45, 2.75) is 18.9 Å². The first kappa shape index (κ1) is 11.0. The zero-order chi connectivity index (χ0) is 11.5. The van der Waals surface area contributed by atoms with E-state index in [2.05, 4.69) is 5.32 Å². The molecule has 0 aromatic heterocycles. The summed E-state index contributed by atoms with van der Waals surface area (Å²) in [5.41, 5.74) is 6.87. The van der Waals surface area contributed by atoms with E-state index in [0.717, 1.165) is 0 Å². The molecular weight excluding hydrogens is 204 g/mol. The van der Waals surface area contributed by atoms with Crippen molar-refractivity contribution in [1.82, 2.24) is 5.32 Å². The van der Waals surface area contributed by atoms with E-state index < -0.39 is 0 Å². The van der Waals surface area contributed by atoms with Crippen LogP contribution in [0.2, 0.25) is 0 Å². The second-order valence-electron chi connectivity index (χ2n) is 4.04. The van der Waals surface area contributed by atoms with Gasteiger partial charge in [-0.05, 0) is 31.0 Å². The van der Waals surface area contributed by atoms with E-state index >= 15 is 0 Å². The maximum Gasteiger partial charge on any atom is 0.176 e. The fourth-order valence-corrected chi connectivity index (χ4v) is 1.53. The van der Waals surface area contributed by atoms with Crippen molar-refractivity contribution < 1.29 is 9.53 Å². The highest BCUT2D eigenvalue weighted by Gasteiger charge is 2.21. The molecule has 1 aliphatic rings. The third-order valence-electron chi connectivity index (χ3n) is 2.68. The van der Waals surface area contributed by atoms with Crippen LogP contribution in [0.5, 0.6) is 5.75 Å². The lowest BCUT2D eigenvalue weighted by Crippen LogP contribution is -2.24. The maximum absolute atomic E-state index is 11.8. The van der Waals surface area contributed by atoms with Crippen LogP contribution in [-0.4, -0.2) is 25.5 Å². The first-order valence-corrected chi connectivity index (χ1v) is 5.41. The van der Waals surface area contributed by atoms with Gasteiger partial charge in [-0.2, -0.15) is 0 Å². The molecule has 16 heavy (non-hydrogen) atoms. The number of benzene rings is 1. The van der Waals surface area contributed by atoms with E-state index in [-0.39, 0.29) is 5.78 Å². The molecule has 1 fully saturated rings. The lowest BCUT2D eigenvalue weighted by atomic mass is 10.1. The number of hydrogen-bond donors (Lipinski definition) is 2. The molecule has 0 unspecified atom stereocenters. The number of nitrogen functional groups attached to an aromatic ring is 1. The van der Waals surface area contributed by atoms with Crippen molar-refractivity contribution in [3.8, 4) is 5.75 Å². The number of nitrogens with one attached hydrogen (secondary N) is 1. The van der Waals surface area contributed by atoms with Crippen molar-refractivity contribution in [2.75, 3.05) is 19.4 Å². The second-order valence-corrected chi connectivity index (χ2v) is 4.04. The minimum Gasteiger partial charge on any atom is -0.495 e. The molecule has 4 heteroatoms. The van der Waals surface area contributed by atoms with Gasteiger partial charge in [0.1, 0.15) is 5.75 Å². The molecule has 1 saturated carbocycles. The maximum atomic E-state index is 11.8. The molecule has 0 radical (unpaired) electrons. The number of ether oxygens (including phenoxy) is 1. The summed E-state index contributed by atoms with van der Waals surface area (Å²) in [7, 11) is 1.56. The number of carbonyl (C=O) groups is 1. The van der Waals surface area contributed by atoms with Gasteiger partial charge < -0.3 is 15.8 Å². The minimum absolute atomic E-state index is 0.0706. The number of carbonyl (C=O) groups excluding carboxylic acids is 1. The molecule has 0 bridgehead atoms. The van der Waals surface area contributed by atoms with Crippen molar-refractivity contribution in [3.05, 3.63) is 23.8 Å². The second kappa shape index (κ2) is 4.53. The molecule has 1 aliphatic carbocycles. The van der Waals surface area contributed by atoms with Crippen LogP contribution in [0.1, 0.15) is 23.2 Å². The average Bonchev–Trinajstić information content (AvgIpc) is 3.09. The molecule has 2 rings (SSSR count). The lowest BCUT2D eigenvalue weighted by molar-refractivity contribution is 0.0990. The molecule has 1 aromatic rings. The Kier molecular flexibility index (Phi) is 3.10. The SMILES string of the molecule is COc1ccc(C(=O)CNC2CC2)cc1N. The zero-order valence-corrected chi connectivity index (χ0v) is 9.32. The van der Waals surface area contributed by atoms with Gasteiger partial charge in [0, 0.05) is 11.6 Å². The Morgan fingerprint density at radius 1 is 1.56 bits per heavy atom. The molecule has 4 nitrogen and oxygen atoms in total. The van der Waals surface area contributed by atoms with Gasteiger partial charge in [0.2, 0.25) is 0 Å². The molecule has 0 spiro atoms. The van der Waals surface area contributed by atoms with Gasteiger partial charge in [0.05, 0.1) is 19.3 Å². The standard InChI is InChI=1S/C12H16N2O2/c1-16-12-5-2-8(6-10(12)13)11(15)7-14-9-3-4-9/h2,5-6,9,14H,3-4,7,13H2,1H3. The highest BCUT2D eigenvalue weighted by Crippen LogP contribution is 2.22. The fraction of sp³-hybridized carbons (Fsp3) is 0.417. The fourth-order valence-electron chi connectivity index (χ4n) is 1.53. The normalized spacial score (nSPS) is 14.8. The van der Waals surface area contributed by atoms with Gasteiger partial charge in [-0.25, -0.2) is 0 Å². The first-order chi connectivity index (χ1) is 7.70. The Morgan fingerprint density at radius 3 is 2.88 bits per heavy atom. The third kappa shape index (κ3) is 2.52. The minimum atomic E-state index is 0.0706. The lowest BCUT2D eigenvalue weighted by Gasteiger charge is -2.07. The quantitative estimate of drug-likeness (QED) is 0.578. The molecule has 0 aliphatic heterocycles. The summed E-state index contributed by atoms with van der Waals surface area (Å²) in [5, 5.41) is 3.18. The predicted octanol–water partition coefficient (Wildman–Crippen LogP) is 1.21. The van der Waals surface area contributed by atoms with Gasteiger partial charge in [0.25, 0.3) is 0 Å². The molecule has 86 valence electrons. The molecule has 1 aromatic carbocycles. The third-order valence-corrected chi connectivity index (χ3v) is 2.68. The Bertz CT molecular complexity index is 400. The van der Waals surface area contributed by atoms with E-state index in [1.165, 1.54) is 12.8 Å². The van der Waals surface area contributed by atoms with Crippen LogP contribution in [0.25, 0.3) is 0 Å². The Morgan fingerprint density at radius 2 is 2.31 bits per heavy atom. The summed E-state index contributed by atoms with van der Waals surface area (Å²) >= 11 is 0.